The number of ether oxygens (including phenoxy) is 2. The number of hydrogen-bond donors (Lipinski definition) is 2. The molecule has 0 aromatic heterocycles. The van der Waals surface area contributed by atoms with E-state index in [-0.39, 0.29) is 12.5 Å². The SMILES string of the molecule is COc1ccc(NC(=O)COc2ccc(Cc3ccc(C4=NCCN4N)cc3)cc2)cc1. The maximum atomic E-state index is 12.1. The second-order valence-corrected chi connectivity index (χ2v) is 7.48. The van der Waals surface area contributed by atoms with Crippen molar-refractivity contribution in [3.63, 3.8) is 0 Å². The number of hydrazine groups is 1. The molecular formula is C25H26N4O3. The molecule has 0 radical (unpaired) electrons. The highest BCUT2D eigenvalue weighted by Crippen LogP contribution is 2.18. The molecule has 32 heavy (non-hydrogen) atoms. The van der Waals surface area contributed by atoms with Crippen LogP contribution < -0.4 is 20.6 Å². The molecule has 7 nitrogen and oxygen atoms in total. The van der Waals surface area contributed by atoms with E-state index in [1.165, 1.54) is 5.56 Å². The summed E-state index contributed by atoms with van der Waals surface area (Å²) in [5.41, 5.74) is 4.08. The highest BCUT2D eigenvalue weighted by molar-refractivity contribution is 5.99. The van der Waals surface area contributed by atoms with Gasteiger partial charge in [-0.2, -0.15) is 0 Å². The third-order valence-electron chi connectivity index (χ3n) is 5.16. The summed E-state index contributed by atoms with van der Waals surface area (Å²) in [6, 6.07) is 23.2. The summed E-state index contributed by atoms with van der Waals surface area (Å²) in [5.74, 6) is 7.95. The number of amidine groups is 1. The summed E-state index contributed by atoms with van der Waals surface area (Å²) in [7, 11) is 1.60. The van der Waals surface area contributed by atoms with Crippen LogP contribution in [0.2, 0.25) is 0 Å². The van der Waals surface area contributed by atoms with Crippen LogP contribution in [0.4, 0.5) is 5.69 Å². The molecular weight excluding hydrogens is 404 g/mol. The summed E-state index contributed by atoms with van der Waals surface area (Å²) >= 11 is 0. The number of methoxy groups -OCH3 is 1. The molecule has 1 amide bonds. The first kappa shape index (κ1) is 21.4. The van der Waals surface area contributed by atoms with Crippen molar-refractivity contribution in [1.82, 2.24) is 5.01 Å². The molecule has 0 aliphatic carbocycles. The zero-order valence-electron chi connectivity index (χ0n) is 18.0. The van der Waals surface area contributed by atoms with Crippen LogP contribution in [0.5, 0.6) is 11.5 Å². The van der Waals surface area contributed by atoms with Gasteiger partial charge in [0.15, 0.2) is 6.61 Å². The lowest BCUT2D eigenvalue weighted by Gasteiger charge is -2.13. The molecule has 0 atom stereocenters. The standard InChI is InChI=1S/C25H26N4O3/c1-31-22-12-8-21(9-13-22)28-24(30)17-32-23-10-4-19(5-11-23)16-18-2-6-20(7-3-18)25-27-14-15-29(25)26/h2-13H,14-17,26H2,1H3,(H,28,30). The molecule has 3 aromatic rings. The number of rotatable bonds is 8. The van der Waals surface area contributed by atoms with Gasteiger partial charge in [0, 0.05) is 11.3 Å². The van der Waals surface area contributed by atoms with E-state index in [0.717, 1.165) is 42.2 Å². The summed E-state index contributed by atoms with van der Waals surface area (Å²) in [6.45, 7) is 1.44. The van der Waals surface area contributed by atoms with Crippen LogP contribution in [0.15, 0.2) is 77.8 Å². The van der Waals surface area contributed by atoms with Gasteiger partial charge in [0.25, 0.3) is 5.91 Å². The Morgan fingerprint density at radius 3 is 2.19 bits per heavy atom. The number of nitrogens with one attached hydrogen (secondary N) is 1. The number of carbonyl (C=O) groups is 1. The van der Waals surface area contributed by atoms with Crippen LogP contribution in [-0.4, -0.2) is 43.6 Å². The Bertz CT molecular complexity index is 1080. The number of benzene rings is 3. The molecule has 3 N–H and O–H groups in total. The zero-order chi connectivity index (χ0) is 22.3. The van der Waals surface area contributed by atoms with E-state index in [0.29, 0.717) is 11.4 Å². The van der Waals surface area contributed by atoms with Gasteiger partial charge in [-0.15, -0.1) is 0 Å². The lowest BCUT2D eigenvalue weighted by molar-refractivity contribution is -0.118. The molecule has 4 rings (SSSR count). The molecule has 1 aliphatic rings. The Morgan fingerprint density at radius 1 is 0.969 bits per heavy atom. The second-order valence-electron chi connectivity index (χ2n) is 7.48. The minimum atomic E-state index is -0.220. The third-order valence-corrected chi connectivity index (χ3v) is 5.16. The first-order chi connectivity index (χ1) is 15.6. The number of amides is 1. The average Bonchev–Trinajstić information content (AvgIpc) is 3.25. The first-order valence-corrected chi connectivity index (χ1v) is 10.4. The lowest BCUT2D eigenvalue weighted by Crippen LogP contribution is -2.34. The van der Waals surface area contributed by atoms with E-state index in [2.05, 4.69) is 34.6 Å². The van der Waals surface area contributed by atoms with Crippen molar-refractivity contribution < 1.29 is 14.3 Å². The molecule has 1 aliphatic heterocycles. The van der Waals surface area contributed by atoms with Crippen molar-refractivity contribution in [2.75, 3.05) is 32.1 Å². The summed E-state index contributed by atoms with van der Waals surface area (Å²) in [4.78, 5) is 16.5. The molecule has 0 saturated carbocycles. The van der Waals surface area contributed by atoms with Crippen LogP contribution in [0, 0.1) is 0 Å². The van der Waals surface area contributed by atoms with Gasteiger partial charge in [-0.3, -0.25) is 14.8 Å². The number of aliphatic imine (C=N–C) groups is 1. The van der Waals surface area contributed by atoms with Gasteiger partial charge in [0.2, 0.25) is 0 Å². The van der Waals surface area contributed by atoms with Crippen molar-refractivity contribution in [2.24, 2.45) is 10.8 Å². The van der Waals surface area contributed by atoms with E-state index in [1.807, 2.05) is 24.3 Å². The maximum Gasteiger partial charge on any atom is 0.262 e. The Morgan fingerprint density at radius 2 is 1.59 bits per heavy atom. The molecule has 1 heterocycles. The molecule has 0 bridgehead atoms. The first-order valence-electron chi connectivity index (χ1n) is 10.4. The van der Waals surface area contributed by atoms with Crippen molar-refractivity contribution in [3.05, 3.63) is 89.5 Å². The molecule has 7 heteroatoms. The van der Waals surface area contributed by atoms with Crippen LogP contribution in [0.3, 0.4) is 0 Å². The summed E-state index contributed by atoms with van der Waals surface area (Å²) < 4.78 is 10.7. The van der Waals surface area contributed by atoms with Crippen LogP contribution in [-0.2, 0) is 11.2 Å². The average molecular weight is 431 g/mol. The van der Waals surface area contributed by atoms with Crippen LogP contribution in [0.1, 0.15) is 16.7 Å². The van der Waals surface area contributed by atoms with Gasteiger partial charge >= 0.3 is 0 Å². The number of nitrogens with two attached hydrogens (primary N) is 1. The minimum absolute atomic E-state index is 0.0606. The lowest BCUT2D eigenvalue weighted by atomic mass is 10.0. The van der Waals surface area contributed by atoms with E-state index < -0.39 is 0 Å². The quantitative estimate of drug-likeness (QED) is 0.536. The highest BCUT2D eigenvalue weighted by Gasteiger charge is 2.14. The number of hydrogen-bond acceptors (Lipinski definition) is 6. The molecule has 0 fully saturated rings. The fraction of sp³-hybridized carbons (Fsp3) is 0.200. The number of nitrogens with zero attached hydrogens (tertiary/aromatic N) is 2. The largest absolute Gasteiger partial charge is 0.497 e. The fourth-order valence-electron chi connectivity index (χ4n) is 3.45. The smallest absolute Gasteiger partial charge is 0.262 e. The summed E-state index contributed by atoms with van der Waals surface area (Å²) in [5, 5.41) is 4.48. The molecule has 0 unspecified atom stereocenters. The fourth-order valence-corrected chi connectivity index (χ4v) is 3.45. The van der Waals surface area contributed by atoms with Crippen molar-refractivity contribution >= 4 is 17.4 Å². The molecule has 0 saturated heterocycles. The zero-order valence-corrected chi connectivity index (χ0v) is 18.0. The van der Waals surface area contributed by atoms with E-state index in [1.54, 1.807) is 36.4 Å². The Hall–Kier alpha value is -3.84. The van der Waals surface area contributed by atoms with Crippen LogP contribution >= 0.6 is 0 Å². The van der Waals surface area contributed by atoms with Gasteiger partial charge in [-0.1, -0.05) is 36.4 Å². The van der Waals surface area contributed by atoms with Crippen molar-refractivity contribution in [1.29, 1.82) is 0 Å². The third kappa shape index (κ3) is 5.44. The van der Waals surface area contributed by atoms with Crippen molar-refractivity contribution in [3.8, 4) is 11.5 Å². The predicted octanol–water partition coefficient (Wildman–Crippen LogP) is 3.24. The maximum absolute atomic E-state index is 12.1. The Balaban J connectivity index is 1.27. The minimum Gasteiger partial charge on any atom is -0.497 e. The Labute approximate surface area is 187 Å². The molecule has 164 valence electrons. The normalized spacial score (nSPS) is 12.9. The number of carbonyl (C=O) groups excluding carboxylic acids is 1. The summed E-state index contributed by atoms with van der Waals surface area (Å²) in [6.07, 6.45) is 0.803. The highest BCUT2D eigenvalue weighted by atomic mass is 16.5. The van der Waals surface area contributed by atoms with Gasteiger partial charge in [-0.05, 0) is 53.9 Å². The van der Waals surface area contributed by atoms with E-state index in [9.17, 15) is 4.79 Å². The van der Waals surface area contributed by atoms with Gasteiger partial charge in [0.1, 0.15) is 17.3 Å². The monoisotopic (exact) mass is 430 g/mol. The Kier molecular flexibility index (Phi) is 6.67. The van der Waals surface area contributed by atoms with E-state index >= 15 is 0 Å². The van der Waals surface area contributed by atoms with E-state index in [4.69, 9.17) is 15.3 Å². The van der Waals surface area contributed by atoms with Gasteiger partial charge < -0.3 is 14.8 Å². The topological polar surface area (TPSA) is 89.2 Å². The predicted molar refractivity (Wildman–Crippen MR) is 125 cm³/mol. The number of anilines is 1. The van der Waals surface area contributed by atoms with Crippen LogP contribution in [0.25, 0.3) is 0 Å². The van der Waals surface area contributed by atoms with Gasteiger partial charge in [0.05, 0.1) is 20.2 Å². The second kappa shape index (κ2) is 9.98. The molecule has 0 spiro atoms. The van der Waals surface area contributed by atoms with Gasteiger partial charge in [-0.25, -0.2) is 5.84 Å². The molecule has 3 aromatic carbocycles. The van der Waals surface area contributed by atoms with Crippen molar-refractivity contribution in [2.45, 2.75) is 6.42 Å².